The van der Waals surface area contributed by atoms with Crippen LogP contribution in [-0.2, 0) is 5.54 Å². The molecule has 2 N–H and O–H groups in total. The molecule has 1 fully saturated rings. The Kier molecular flexibility index (Phi) is 1.93. The fraction of sp³-hybridized carbons (Fsp3) is 0.667. The number of rotatable bonds is 1. The lowest BCUT2D eigenvalue weighted by atomic mass is 9.96. The van der Waals surface area contributed by atoms with E-state index < -0.39 is 0 Å². The molecule has 0 aromatic carbocycles. The monoisotopic (exact) mass is 182 g/mol. The number of hydrogen-bond donors (Lipinski definition) is 1. The summed E-state index contributed by atoms with van der Waals surface area (Å²) in [4.78, 5) is 1.26. The summed E-state index contributed by atoms with van der Waals surface area (Å²) in [5, 5.41) is 0. The van der Waals surface area contributed by atoms with E-state index in [-0.39, 0.29) is 5.54 Å². The molecule has 12 heavy (non-hydrogen) atoms. The molecule has 2 rings (SSSR count). The zero-order chi connectivity index (χ0) is 8.60. The lowest BCUT2D eigenvalue weighted by Crippen LogP contribution is -2.32. The maximum absolute atomic E-state index is 6.29. The van der Waals surface area contributed by atoms with E-state index in [1.54, 1.807) is 11.5 Å². The first-order chi connectivity index (χ1) is 5.71. The van der Waals surface area contributed by atoms with E-state index in [4.69, 9.17) is 5.73 Å². The van der Waals surface area contributed by atoms with Crippen molar-refractivity contribution in [3.8, 4) is 0 Å². The number of hydrogen-bond acceptors (Lipinski definition) is 3. The molecule has 0 aliphatic heterocycles. The van der Waals surface area contributed by atoms with Crippen LogP contribution in [0.3, 0.4) is 0 Å². The van der Waals surface area contributed by atoms with Gasteiger partial charge in [-0.25, -0.2) is 4.37 Å². The lowest BCUT2D eigenvalue weighted by molar-refractivity contribution is 0.449. The number of nitrogens with two attached hydrogens (primary N) is 1. The standard InChI is InChI=1S/C9H14N2S/c1-7-2-4-9(10,6-7)8-3-5-11-12-8/h3,5,7H,2,4,6,10H2,1H3. The molecule has 2 atom stereocenters. The SMILES string of the molecule is CC1CCC(N)(c2ccns2)C1. The van der Waals surface area contributed by atoms with Crippen LogP contribution in [0.5, 0.6) is 0 Å². The summed E-state index contributed by atoms with van der Waals surface area (Å²) in [7, 11) is 0. The van der Waals surface area contributed by atoms with Gasteiger partial charge in [-0.05, 0) is 42.8 Å². The molecular weight excluding hydrogens is 168 g/mol. The number of aromatic nitrogens is 1. The average molecular weight is 182 g/mol. The van der Waals surface area contributed by atoms with Crippen molar-refractivity contribution in [2.24, 2.45) is 11.7 Å². The molecule has 3 heteroatoms. The van der Waals surface area contributed by atoms with Gasteiger partial charge in [0.05, 0.1) is 5.54 Å². The zero-order valence-electron chi connectivity index (χ0n) is 7.29. The van der Waals surface area contributed by atoms with E-state index in [1.807, 2.05) is 6.20 Å². The van der Waals surface area contributed by atoms with Crippen molar-refractivity contribution in [2.75, 3.05) is 0 Å². The second-order valence-corrected chi connectivity index (χ2v) is 4.71. The van der Waals surface area contributed by atoms with Crippen molar-refractivity contribution >= 4 is 11.5 Å². The van der Waals surface area contributed by atoms with E-state index in [0.717, 1.165) is 18.8 Å². The fourth-order valence-corrected chi connectivity index (χ4v) is 2.75. The highest BCUT2D eigenvalue weighted by molar-refractivity contribution is 7.05. The first-order valence-electron chi connectivity index (χ1n) is 4.41. The maximum atomic E-state index is 6.29. The Morgan fingerprint density at radius 2 is 2.58 bits per heavy atom. The van der Waals surface area contributed by atoms with Crippen LogP contribution in [0.1, 0.15) is 31.1 Å². The molecule has 1 aliphatic rings. The van der Waals surface area contributed by atoms with Crippen molar-refractivity contribution in [2.45, 2.75) is 31.7 Å². The second-order valence-electron chi connectivity index (χ2n) is 3.88. The third-order valence-electron chi connectivity index (χ3n) is 2.72. The van der Waals surface area contributed by atoms with Crippen LogP contribution in [0.15, 0.2) is 12.3 Å². The minimum absolute atomic E-state index is 0.0550. The van der Waals surface area contributed by atoms with E-state index in [2.05, 4.69) is 17.4 Å². The van der Waals surface area contributed by atoms with Crippen LogP contribution in [0.4, 0.5) is 0 Å². The second kappa shape index (κ2) is 2.82. The van der Waals surface area contributed by atoms with Crippen molar-refractivity contribution in [3.05, 3.63) is 17.1 Å². The van der Waals surface area contributed by atoms with Gasteiger partial charge in [-0.2, -0.15) is 0 Å². The molecular formula is C9H14N2S. The summed E-state index contributed by atoms with van der Waals surface area (Å²) < 4.78 is 4.10. The summed E-state index contributed by atoms with van der Waals surface area (Å²) in [6.07, 6.45) is 5.34. The topological polar surface area (TPSA) is 38.9 Å². The zero-order valence-corrected chi connectivity index (χ0v) is 8.10. The van der Waals surface area contributed by atoms with Crippen LogP contribution in [0.2, 0.25) is 0 Å². The van der Waals surface area contributed by atoms with Crippen molar-refractivity contribution in [3.63, 3.8) is 0 Å². The highest BCUT2D eigenvalue weighted by Gasteiger charge is 2.36. The highest BCUT2D eigenvalue weighted by Crippen LogP contribution is 2.40. The summed E-state index contributed by atoms with van der Waals surface area (Å²) in [5.74, 6) is 0.775. The fourth-order valence-electron chi connectivity index (χ4n) is 2.03. The predicted molar refractivity (Wildman–Crippen MR) is 51.0 cm³/mol. The van der Waals surface area contributed by atoms with Gasteiger partial charge in [0.2, 0.25) is 0 Å². The van der Waals surface area contributed by atoms with Crippen molar-refractivity contribution in [1.82, 2.24) is 4.37 Å². The Balaban J connectivity index is 2.23. The van der Waals surface area contributed by atoms with E-state index in [9.17, 15) is 0 Å². The molecule has 66 valence electrons. The summed E-state index contributed by atoms with van der Waals surface area (Å²) in [6.45, 7) is 2.27. The maximum Gasteiger partial charge on any atom is 0.0522 e. The third-order valence-corrected chi connectivity index (χ3v) is 3.69. The van der Waals surface area contributed by atoms with Crippen LogP contribution in [0, 0.1) is 5.92 Å². The van der Waals surface area contributed by atoms with Gasteiger partial charge in [0, 0.05) is 11.1 Å². The summed E-state index contributed by atoms with van der Waals surface area (Å²) in [6, 6.07) is 2.06. The molecule has 0 radical (unpaired) electrons. The molecule has 2 nitrogen and oxygen atoms in total. The van der Waals surface area contributed by atoms with Crippen LogP contribution >= 0.6 is 11.5 Å². The first-order valence-corrected chi connectivity index (χ1v) is 5.18. The molecule has 0 amide bonds. The molecule has 0 saturated heterocycles. The third kappa shape index (κ3) is 1.27. The van der Waals surface area contributed by atoms with Gasteiger partial charge < -0.3 is 5.73 Å². The Bertz CT molecular complexity index is 258. The quantitative estimate of drug-likeness (QED) is 0.722. The van der Waals surface area contributed by atoms with Gasteiger partial charge in [-0.3, -0.25) is 0 Å². The molecule has 0 bridgehead atoms. The average Bonchev–Trinajstić information content (AvgIpc) is 2.59. The van der Waals surface area contributed by atoms with Gasteiger partial charge in [-0.15, -0.1) is 0 Å². The molecule has 1 aliphatic carbocycles. The number of nitrogens with zero attached hydrogens (tertiary/aromatic N) is 1. The van der Waals surface area contributed by atoms with E-state index in [1.165, 1.54) is 11.3 Å². The summed E-state index contributed by atoms with van der Waals surface area (Å²) >= 11 is 1.55. The lowest BCUT2D eigenvalue weighted by Gasteiger charge is -2.21. The Hall–Kier alpha value is -0.410. The predicted octanol–water partition coefficient (Wildman–Crippen LogP) is 2.12. The Labute approximate surface area is 77.0 Å². The molecule has 1 heterocycles. The highest BCUT2D eigenvalue weighted by atomic mass is 32.1. The first kappa shape index (κ1) is 8.20. The van der Waals surface area contributed by atoms with E-state index in [0.29, 0.717) is 0 Å². The largest absolute Gasteiger partial charge is 0.321 e. The molecule has 1 aromatic rings. The molecule has 0 spiro atoms. The normalized spacial score (nSPS) is 35.7. The Morgan fingerprint density at radius 3 is 3.08 bits per heavy atom. The van der Waals surface area contributed by atoms with Gasteiger partial charge >= 0.3 is 0 Å². The minimum atomic E-state index is -0.0550. The molecule has 2 unspecified atom stereocenters. The van der Waals surface area contributed by atoms with Crippen molar-refractivity contribution in [1.29, 1.82) is 0 Å². The Morgan fingerprint density at radius 1 is 1.75 bits per heavy atom. The summed E-state index contributed by atoms with van der Waals surface area (Å²) in [5.41, 5.74) is 6.23. The van der Waals surface area contributed by atoms with Crippen LogP contribution in [-0.4, -0.2) is 4.37 Å². The van der Waals surface area contributed by atoms with Gasteiger partial charge in [0.15, 0.2) is 0 Å². The van der Waals surface area contributed by atoms with Gasteiger partial charge in [-0.1, -0.05) is 6.92 Å². The minimum Gasteiger partial charge on any atom is -0.321 e. The van der Waals surface area contributed by atoms with Crippen molar-refractivity contribution < 1.29 is 0 Å². The van der Waals surface area contributed by atoms with Gasteiger partial charge in [0.25, 0.3) is 0 Å². The van der Waals surface area contributed by atoms with Crippen LogP contribution < -0.4 is 5.73 Å². The molecule has 1 saturated carbocycles. The smallest absolute Gasteiger partial charge is 0.0522 e. The molecule has 1 aromatic heterocycles. The van der Waals surface area contributed by atoms with Gasteiger partial charge in [0.1, 0.15) is 0 Å². The van der Waals surface area contributed by atoms with E-state index >= 15 is 0 Å². The van der Waals surface area contributed by atoms with Crippen LogP contribution in [0.25, 0.3) is 0 Å².